The van der Waals surface area contributed by atoms with E-state index in [1.165, 1.54) is 116 Å². The Morgan fingerprint density at radius 2 is 0.754 bits per heavy atom. The van der Waals surface area contributed by atoms with Crippen molar-refractivity contribution >= 4 is 17.1 Å². The van der Waals surface area contributed by atoms with E-state index in [9.17, 15) is 0 Å². The lowest BCUT2D eigenvalue weighted by atomic mass is 9.68. The SMILES string of the molecule is c1ccc(-c2cccc(-c3ccc(N(c4ccc5c(c4)C4(CCCCC4)c4ccccc4-5)c4ccccc4-c4ccccc4-c4ccccc4-c4ccccc4)cc3)c2)cc1. The normalized spacial score (nSPS) is 13.7. The van der Waals surface area contributed by atoms with Crippen LogP contribution in [0.2, 0.25) is 0 Å². The third-order valence-electron chi connectivity index (χ3n) is 13.3. The number of para-hydroxylation sites is 1. The molecular formula is C60H47N. The molecule has 0 radical (unpaired) electrons. The zero-order valence-electron chi connectivity index (χ0n) is 34.3. The largest absolute Gasteiger partial charge is 0.310 e. The molecule has 1 heteroatoms. The second-order valence-electron chi connectivity index (χ2n) is 16.7. The molecule has 1 spiro atoms. The van der Waals surface area contributed by atoms with Crippen molar-refractivity contribution in [2.45, 2.75) is 37.5 Å². The summed E-state index contributed by atoms with van der Waals surface area (Å²) in [6.45, 7) is 0. The van der Waals surface area contributed by atoms with Crippen molar-refractivity contribution in [3.05, 3.63) is 236 Å². The Hall–Kier alpha value is -7.22. The van der Waals surface area contributed by atoms with Crippen molar-refractivity contribution in [1.82, 2.24) is 0 Å². The molecule has 0 aliphatic heterocycles. The van der Waals surface area contributed by atoms with Gasteiger partial charge in [0.15, 0.2) is 0 Å². The van der Waals surface area contributed by atoms with Crippen LogP contribution < -0.4 is 4.90 Å². The Kier molecular flexibility index (Phi) is 9.51. The number of fused-ring (bicyclic) bond motifs is 5. The van der Waals surface area contributed by atoms with Gasteiger partial charge in [-0.15, -0.1) is 0 Å². The fourth-order valence-corrected chi connectivity index (χ4v) is 10.5. The smallest absolute Gasteiger partial charge is 0.0540 e. The van der Waals surface area contributed by atoms with E-state index in [0.29, 0.717) is 0 Å². The van der Waals surface area contributed by atoms with E-state index >= 15 is 0 Å². The monoisotopic (exact) mass is 781 g/mol. The van der Waals surface area contributed by atoms with Crippen LogP contribution in [0.4, 0.5) is 17.1 Å². The van der Waals surface area contributed by atoms with Crippen molar-refractivity contribution in [3.8, 4) is 66.8 Å². The number of rotatable bonds is 8. The number of benzene rings is 9. The summed E-state index contributed by atoms with van der Waals surface area (Å²) in [5.74, 6) is 0. The topological polar surface area (TPSA) is 3.24 Å². The molecule has 0 atom stereocenters. The van der Waals surface area contributed by atoms with Gasteiger partial charge in [0, 0.05) is 22.4 Å². The molecule has 2 aliphatic carbocycles. The Morgan fingerprint density at radius 3 is 1.44 bits per heavy atom. The number of nitrogens with zero attached hydrogens (tertiary/aromatic N) is 1. The quantitative estimate of drug-likeness (QED) is 0.148. The van der Waals surface area contributed by atoms with Gasteiger partial charge in [-0.2, -0.15) is 0 Å². The van der Waals surface area contributed by atoms with Crippen molar-refractivity contribution in [3.63, 3.8) is 0 Å². The summed E-state index contributed by atoms with van der Waals surface area (Å²) in [5.41, 5.74) is 21.5. The van der Waals surface area contributed by atoms with Gasteiger partial charge in [0.1, 0.15) is 0 Å². The third kappa shape index (κ3) is 6.58. The van der Waals surface area contributed by atoms with E-state index in [2.05, 4.69) is 229 Å². The van der Waals surface area contributed by atoms with Crippen LogP contribution in [-0.2, 0) is 5.41 Å². The van der Waals surface area contributed by atoms with Crippen molar-refractivity contribution in [2.75, 3.05) is 4.90 Å². The summed E-state index contributed by atoms with van der Waals surface area (Å²) in [4.78, 5) is 2.51. The zero-order chi connectivity index (χ0) is 40.6. The highest BCUT2D eigenvalue weighted by Crippen LogP contribution is 2.57. The second-order valence-corrected chi connectivity index (χ2v) is 16.7. The van der Waals surface area contributed by atoms with E-state index in [4.69, 9.17) is 0 Å². The minimum absolute atomic E-state index is 0.0484. The van der Waals surface area contributed by atoms with Gasteiger partial charge >= 0.3 is 0 Å². The van der Waals surface area contributed by atoms with E-state index in [1.807, 2.05) is 0 Å². The molecule has 61 heavy (non-hydrogen) atoms. The highest BCUT2D eigenvalue weighted by atomic mass is 15.1. The van der Waals surface area contributed by atoms with Crippen molar-refractivity contribution in [1.29, 1.82) is 0 Å². The molecule has 11 rings (SSSR count). The predicted molar refractivity (Wildman–Crippen MR) is 258 cm³/mol. The second kappa shape index (κ2) is 15.8. The molecule has 0 bridgehead atoms. The molecule has 1 nitrogen and oxygen atoms in total. The summed E-state index contributed by atoms with van der Waals surface area (Å²) in [7, 11) is 0. The zero-order valence-corrected chi connectivity index (χ0v) is 34.3. The number of anilines is 3. The molecule has 0 N–H and O–H groups in total. The van der Waals surface area contributed by atoms with Crippen LogP contribution in [0, 0.1) is 0 Å². The first-order chi connectivity index (χ1) is 30.2. The molecule has 2 aliphatic rings. The van der Waals surface area contributed by atoms with Crippen LogP contribution in [0.3, 0.4) is 0 Å². The molecule has 0 aromatic heterocycles. The van der Waals surface area contributed by atoms with Crippen LogP contribution in [-0.4, -0.2) is 0 Å². The van der Waals surface area contributed by atoms with Crippen LogP contribution in [0.15, 0.2) is 224 Å². The van der Waals surface area contributed by atoms with Crippen LogP contribution >= 0.6 is 0 Å². The molecule has 9 aromatic carbocycles. The first-order valence-electron chi connectivity index (χ1n) is 21.9. The molecule has 0 amide bonds. The molecule has 0 unspecified atom stereocenters. The van der Waals surface area contributed by atoms with Crippen LogP contribution in [0.1, 0.15) is 43.2 Å². The highest BCUT2D eigenvalue weighted by molar-refractivity contribution is 5.98. The molecule has 292 valence electrons. The van der Waals surface area contributed by atoms with Gasteiger partial charge in [-0.1, -0.05) is 207 Å². The molecule has 1 saturated carbocycles. The van der Waals surface area contributed by atoms with Gasteiger partial charge in [-0.05, 0) is 122 Å². The first kappa shape index (κ1) is 36.8. The van der Waals surface area contributed by atoms with E-state index in [1.54, 1.807) is 0 Å². The maximum Gasteiger partial charge on any atom is 0.0540 e. The van der Waals surface area contributed by atoms with Gasteiger partial charge < -0.3 is 4.90 Å². The van der Waals surface area contributed by atoms with Gasteiger partial charge in [0.25, 0.3) is 0 Å². The van der Waals surface area contributed by atoms with Crippen molar-refractivity contribution < 1.29 is 0 Å². The molecule has 0 saturated heterocycles. The molecule has 1 fully saturated rings. The van der Waals surface area contributed by atoms with Crippen LogP contribution in [0.25, 0.3) is 66.8 Å². The van der Waals surface area contributed by atoms with Crippen molar-refractivity contribution in [2.24, 2.45) is 0 Å². The Bertz CT molecular complexity index is 2990. The lowest BCUT2D eigenvalue weighted by molar-refractivity contribution is 0.353. The lowest BCUT2D eigenvalue weighted by Gasteiger charge is -2.37. The van der Waals surface area contributed by atoms with E-state index < -0.39 is 0 Å². The summed E-state index contributed by atoms with van der Waals surface area (Å²) in [6.07, 6.45) is 6.23. The number of hydrogen-bond donors (Lipinski definition) is 0. The summed E-state index contributed by atoms with van der Waals surface area (Å²) in [5, 5.41) is 0. The average molecular weight is 782 g/mol. The van der Waals surface area contributed by atoms with Gasteiger partial charge in [0.05, 0.1) is 5.69 Å². The van der Waals surface area contributed by atoms with Gasteiger partial charge in [-0.25, -0.2) is 0 Å². The summed E-state index contributed by atoms with van der Waals surface area (Å²) < 4.78 is 0. The van der Waals surface area contributed by atoms with Crippen LogP contribution in [0.5, 0.6) is 0 Å². The first-order valence-corrected chi connectivity index (χ1v) is 21.9. The average Bonchev–Trinajstić information content (AvgIpc) is 3.60. The van der Waals surface area contributed by atoms with Gasteiger partial charge in [0.2, 0.25) is 0 Å². The standard InChI is InChI=1S/C60H47N/c1-4-19-43(20-5-1)46-23-18-24-47(41-46)44-33-35-48(36-34-44)61(49-37-38-55-54-29-12-14-31-57(54)60(58(55)42-49)39-16-3-17-40-60)59-32-15-13-30-56(59)53-28-11-10-27-52(53)51-26-9-8-25-50(51)45-21-6-2-7-22-45/h1-2,4-15,18-38,41-42H,3,16-17,39-40H2. The lowest BCUT2D eigenvalue weighted by Crippen LogP contribution is -2.28. The minimum atomic E-state index is 0.0484. The fraction of sp³-hybridized carbons (Fsp3) is 0.100. The fourth-order valence-electron chi connectivity index (χ4n) is 10.5. The summed E-state index contributed by atoms with van der Waals surface area (Å²) >= 11 is 0. The molecular weight excluding hydrogens is 735 g/mol. The Balaban J connectivity index is 1.08. The Labute approximate surface area is 360 Å². The molecule has 9 aromatic rings. The number of hydrogen-bond acceptors (Lipinski definition) is 1. The van der Waals surface area contributed by atoms with E-state index in [-0.39, 0.29) is 5.41 Å². The van der Waals surface area contributed by atoms with Gasteiger partial charge in [-0.3, -0.25) is 0 Å². The minimum Gasteiger partial charge on any atom is -0.310 e. The van der Waals surface area contributed by atoms with E-state index in [0.717, 1.165) is 11.4 Å². The summed E-state index contributed by atoms with van der Waals surface area (Å²) in [6, 6.07) is 82.9. The Morgan fingerprint density at radius 1 is 0.279 bits per heavy atom. The predicted octanol–water partition coefficient (Wildman–Crippen LogP) is 16.7. The maximum atomic E-state index is 2.55. The highest BCUT2D eigenvalue weighted by Gasteiger charge is 2.44. The third-order valence-corrected chi connectivity index (χ3v) is 13.3. The molecule has 0 heterocycles. The maximum absolute atomic E-state index is 2.55.